The van der Waals surface area contributed by atoms with Gasteiger partial charge in [0.05, 0.1) is 17.1 Å². The van der Waals surface area contributed by atoms with Gasteiger partial charge in [-0.3, -0.25) is 0 Å². The molecule has 0 radical (unpaired) electrons. The summed E-state index contributed by atoms with van der Waals surface area (Å²) in [5.74, 6) is 0.863. The largest absolute Gasteiger partial charge is 0.504 e. The van der Waals surface area contributed by atoms with Crippen LogP contribution >= 0.6 is 63.7 Å². The molecule has 2 aromatic rings. The van der Waals surface area contributed by atoms with Crippen LogP contribution in [0.5, 0.6) is 11.5 Å². The SMILES string of the molecule is COc1cc(Br)c(Br)c(C=Nc2ncc(Br)cc2Br)c1O. The quantitative estimate of drug-likeness (QED) is 0.513. The fourth-order valence-electron chi connectivity index (χ4n) is 1.51. The van der Waals surface area contributed by atoms with Crippen molar-refractivity contribution in [2.45, 2.75) is 0 Å². The number of benzene rings is 1. The van der Waals surface area contributed by atoms with Crippen LogP contribution in [0.3, 0.4) is 0 Å². The molecule has 0 aliphatic heterocycles. The normalized spacial score (nSPS) is 11.1. The van der Waals surface area contributed by atoms with Crippen LogP contribution in [-0.4, -0.2) is 23.4 Å². The third-order valence-corrected chi connectivity index (χ3v) is 5.55. The Morgan fingerprint density at radius 3 is 2.52 bits per heavy atom. The Labute approximate surface area is 155 Å². The van der Waals surface area contributed by atoms with Gasteiger partial charge in [0.1, 0.15) is 0 Å². The van der Waals surface area contributed by atoms with Gasteiger partial charge in [-0.1, -0.05) is 0 Å². The lowest BCUT2D eigenvalue weighted by Crippen LogP contribution is -1.92. The molecule has 2 rings (SSSR count). The third kappa shape index (κ3) is 3.85. The van der Waals surface area contributed by atoms with Crippen LogP contribution in [0, 0.1) is 0 Å². The van der Waals surface area contributed by atoms with Crippen molar-refractivity contribution in [3.8, 4) is 11.5 Å². The number of pyridine rings is 1. The summed E-state index contributed by atoms with van der Waals surface area (Å²) >= 11 is 13.5. The molecule has 0 atom stereocenters. The molecule has 0 fully saturated rings. The van der Waals surface area contributed by atoms with Crippen LogP contribution in [0.15, 0.2) is 41.2 Å². The molecule has 21 heavy (non-hydrogen) atoms. The van der Waals surface area contributed by atoms with Crippen molar-refractivity contribution in [3.05, 3.63) is 41.8 Å². The number of rotatable bonds is 3. The van der Waals surface area contributed by atoms with Gasteiger partial charge < -0.3 is 9.84 Å². The lowest BCUT2D eigenvalue weighted by Gasteiger charge is -2.09. The average Bonchev–Trinajstić information content (AvgIpc) is 2.44. The van der Waals surface area contributed by atoms with Gasteiger partial charge >= 0.3 is 0 Å². The molecule has 1 aromatic heterocycles. The maximum atomic E-state index is 10.2. The molecule has 0 amide bonds. The summed E-state index contributed by atoms with van der Waals surface area (Å²) in [5, 5.41) is 10.2. The summed E-state index contributed by atoms with van der Waals surface area (Å²) in [6.45, 7) is 0. The maximum absolute atomic E-state index is 10.2. The van der Waals surface area contributed by atoms with Crippen LogP contribution in [-0.2, 0) is 0 Å². The number of nitrogens with zero attached hydrogens (tertiary/aromatic N) is 2. The molecule has 1 aromatic carbocycles. The molecule has 1 N–H and O–H groups in total. The minimum absolute atomic E-state index is 0.00422. The molecule has 0 spiro atoms. The van der Waals surface area contributed by atoms with E-state index in [1.807, 2.05) is 6.07 Å². The van der Waals surface area contributed by atoms with Crippen LogP contribution in [0.25, 0.3) is 0 Å². The minimum Gasteiger partial charge on any atom is -0.504 e. The number of hydrogen-bond donors (Lipinski definition) is 1. The molecule has 0 saturated carbocycles. The van der Waals surface area contributed by atoms with E-state index in [0.29, 0.717) is 21.6 Å². The lowest BCUT2D eigenvalue weighted by molar-refractivity contribution is 0.372. The Hall–Kier alpha value is -0.440. The van der Waals surface area contributed by atoms with Crippen LogP contribution in [0.1, 0.15) is 5.56 Å². The number of hydrogen-bond acceptors (Lipinski definition) is 4. The van der Waals surface area contributed by atoms with Gasteiger partial charge in [0.2, 0.25) is 0 Å². The average molecular weight is 544 g/mol. The van der Waals surface area contributed by atoms with Crippen molar-refractivity contribution in [1.29, 1.82) is 0 Å². The van der Waals surface area contributed by atoms with Crippen LogP contribution in [0.2, 0.25) is 0 Å². The van der Waals surface area contributed by atoms with E-state index in [1.54, 1.807) is 12.3 Å². The summed E-state index contributed by atoms with van der Waals surface area (Å²) in [5.41, 5.74) is 0.498. The topological polar surface area (TPSA) is 54.7 Å². The highest BCUT2D eigenvalue weighted by Crippen LogP contribution is 2.39. The minimum atomic E-state index is 0.00422. The van der Waals surface area contributed by atoms with E-state index in [9.17, 15) is 5.11 Å². The highest BCUT2D eigenvalue weighted by atomic mass is 79.9. The second-order valence-corrected chi connectivity index (χ2v) is 7.27. The van der Waals surface area contributed by atoms with Crippen molar-refractivity contribution >= 4 is 75.8 Å². The first-order chi connectivity index (χ1) is 9.93. The second-order valence-electron chi connectivity index (χ2n) is 3.85. The Morgan fingerprint density at radius 1 is 1.19 bits per heavy atom. The van der Waals surface area contributed by atoms with Gasteiger partial charge in [-0.05, 0) is 75.9 Å². The molecule has 0 aliphatic rings. The fraction of sp³-hybridized carbons (Fsp3) is 0.0769. The second kappa shape index (κ2) is 7.21. The number of halogens is 4. The number of aromatic nitrogens is 1. The molecule has 0 unspecified atom stereocenters. The number of phenolic OH excluding ortho intramolecular Hbond substituents is 1. The number of ether oxygens (including phenoxy) is 1. The van der Waals surface area contributed by atoms with Gasteiger partial charge in [0.15, 0.2) is 17.3 Å². The molecule has 110 valence electrons. The first-order valence-electron chi connectivity index (χ1n) is 5.54. The van der Waals surface area contributed by atoms with Crippen molar-refractivity contribution < 1.29 is 9.84 Å². The van der Waals surface area contributed by atoms with Gasteiger partial charge in [0.25, 0.3) is 0 Å². The summed E-state index contributed by atoms with van der Waals surface area (Å²) in [7, 11) is 1.49. The molecule has 4 nitrogen and oxygen atoms in total. The summed E-state index contributed by atoms with van der Waals surface area (Å²) < 4.78 is 8.14. The smallest absolute Gasteiger partial charge is 0.167 e. The molecular formula is C13H8Br4N2O2. The fourth-order valence-corrected chi connectivity index (χ4v) is 3.43. The van der Waals surface area contributed by atoms with Gasteiger partial charge in [-0.15, -0.1) is 0 Å². The first kappa shape index (κ1) is 16.9. The van der Waals surface area contributed by atoms with E-state index in [4.69, 9.17) is 4.74 Å². The summed E-state index contributed by atoms with van der Waals surface area (Å²) in [6, 6.07) is 3.51. The molecule has 0 bridgehead atoms. The highest BCUT2D eigenvalue weighted by Gasteiger charge is 2.14. The van der Waals surface area contributed by atoms with E-state index in [-0.39, 0.29) is 5.75 Å². The molecule has 8 heteroatoms. The van der Waals surface area contributed by atoms with Crippen molar-refractivity contribution in [2.24, 2.45) is 4.99 Å². The number of aromatic hydroxyl groups is 1. The third-order valence-electron chi connectivity index (χ3n) is 2.52. The maximum Gasteiger partial charge on any atom is 0.167 e. The van der Waals surface area contributed by atoms with E-state index in [0.717, 1.165) is 13.4 Å². The number of phenols is 1. The predicted octanol–water partition coefficient (Wildman–Crippen LogP) is 5.60. The Balaban J connectivity index is 2.48. The van der Waals surface area contributed by atoms with E-state index in [1.165, 1.54) is 13.3 Å². The van der Waals surface area contributed by atoms with Crippen molar-refractivity contribution in [2.75, 3.05) is 7.11 Å². The standard InChI is InChI=1S/C13H8Br4N2O2/c1-21-10-3-8(15)11(17)7(12(10)20)5-19-13-9(16)2-6(14)4-18-13/h2-5,20H,1H3. The van der Waals surface area contributed by atoms with Crippen LogP contribution in [0.4, 0.5) is 5.82 Å². The van der Waals surface area contributed by atoms with E-state index < -0.39 is 0 Å². The van der Waals surface area contributed by atoms with Gasteiger partial charge in [-0.2, -0.15) is 0 Å². The van der Waals surface area contributed by atoms with Crippen molar-refractivity contribution in [1.82, 2.24) is 4.98 Å². The predicted molar refractivity (Wildman–Crippen MR) is 96.9 cm³/mol. The summed E-state index contributed by atoms with van der Waals surface area (Å²) in [4.78, 5) is 8.47. The zero-order valence-electron chi connectivity index (χ0n) is 10.6. The molecule has 0 aliphatic carbocycles. The monoisotopic (exact) mass is 540 g/mol. The lowest BCUT2D eigenvalue weighted by atomic mass is 10.2. The molecular weight excluding hydrogens is 536 g/mol. The molecule has 0 saturated heterocycles. The van der Waals surface area contributed by atoms with Gasteiger partial charge in [-0.25, -0.2) is 9.98 Å². The van der Waals surface area contributed by atoms with E-state index >= 15 is 0 Å². The number of aliphatic imine (C=N–C) groups is 1. The first-order valence-corrected chi connectivity index (χ1v) is 8.71. The van der Waals surface area contributed by atoms with E-state index in [2.05, 4.69) is 73.7 Å². The zero-order valence-corrected chi connectivity index (χ0v) is 16.9. The molecule has 1 heterocycles. The van der Waals surface area contributed by atoms with Crippen LogP contribution < -0.4 is 4.74 Å². The van der Waals surface area contributed by atoms with Crippen molar-refractivity contribution in [3.63, 3.8) is 0 Å². The summed E-state index contributed by atoms with van der Waals surface area (Å²) in [6.07, 6.45) is 3.17. The Bertz CT molecular complexity index is 720. The van der Waals surface area contributed by atoms with Gasteiger partial charge in [0, 0.05) is 25.8 Å². The number of methoxy groups -OCH3 is 1. The zero-order chi connectivity index (χ0) is 15.6. The Kier molecular flexibility index (Phi) is 5.81. The Morgan fingerprint density at radius 2 is 1.90 bits per heavy atom. The highest BCUT2D eigenvalue weighted by molar-refractivity contribution is 9.13.